The average Bonchev–Trinajstić information content (AvgIpc) is 4.08. The number of methoxy groups -OCH3 is 1. The van der Waals surface area contributed by atoms with Crippen LogP contribution < -0.4 is 24.8 Å². The van der Waals surface area contributed by atoms with Crippen molar-refractivity contribution in [2.45, 2.75) is 120 Å². The molecule has 0 spiro atoms. The molecule has 2 aliphatic carbocycles. The number of alkyl carbamates (subject to hydrolysis) is 1. The van der Waals surface area contributed by atoms with Gasteiger partial charge in [0.15, 0.2) is 5.60 Å². The van der Waals surface area contributed by atoms with Crippen molar-refractivity contribution in [3.63, 3.8) is 0 Å². The maximum absolute atomic E-state index is 14.9. The molecular weight excluding hydrogens is 753 g/mol. The second-order valence-corrected chi connectivity index (χ2v) is 18.0. The summed E-state index contributed by atoms with van der Waals surface area (Å²) >= 11 is 0. The Kier molecular flexibility index (Phi) is 11.8. The van der Waals surface area contributed by atoms with Crippen LogP contribution in [-0.4, -0.2) is 96.8 Å². The summed E-state index contributed by atoms with van der Waals surface area (Å²) in [5.74, 6) is -2.44. The summed E-state index contributed by atoms with van der Waals surface area (Å²) in [6.45, 7) is 5.85. The summed E-state index contributed by atoms with van der Waals surface area (Å²) in [4.78, 5) is 62.1. The number of carbonyl (C=O) groups is 4. The first-order chi connectivity index (χ1) is 26.5. The second kappa shape index (κ2) is 16.1. The summed E-state index contributed by atoms with van der Waals surface area (Å²) in [6, 6.07) is 4.74. The van der Waals surface area contributed by atoms with Crippen molar-refractivity contribution < 1.29 is 50.6 Å². The lowest BCUT2D eigenvalue weighted by atomic mass is 9.85. The summed E-state index contributed by atoms with van der Waals surface area (Å²) in [7, 11) is -2.43. The smallest absolute Gasteiger partial charge is 0.408 e. The number of fused-ring (bicyclic) bond motifs is 3. The van der Waals surface area contributed by atoms with E-state index in [4.69, 9.17) is 14.2 Å². The maximum Gasteiger partial charge on any atom is 0.408 e. The number of amides is 4. The highest BCUT2D eigenvalue weighted by Crippen LogP contribution is 2.46. The van der Waals surface area contributed by atoms with E-state index in [-0.39, 0.29) is 31.2 Å². The monoisotopic (exact) mass is 803 g/mol. The number of aromatic nitrogens is 1. The van der Waals surface area contributed by atoms with Crippen molar-refractivity contribution in [3.05, 3.63) is 42.6 Å². The maximum atomic E-state index is 14.9. The summed E-state index contributed by atoms with van der Waals surface area (Å²) in [5, 5.41) is 6.08. The Bertz CT molecular complexity index is 1980. The molecule has 1 aromatic heterocycles. The lowest BCUT2D eigenvalue weighted by molar-refractivity contribution is -0.142. The van der Waals surface area contributed by atoms with Gasteiger partial charge in [0.1, 0.15) is 29.5 Å². The molecule has 14 nitrogen and oxygen atoms in total. The van der Waals surface area contributed by atoms with Gasteiger partial charge in [-0.1, -0.05) is 50.6 Å². The summed E-state index contributed by atoms with van der Waals surface area (Å²) in [5.41, 5.74) is -3.74. The van der Waals surface area contributed by atoms with E-state index in [1.165, 1.54) is 18.2 Å². The first-order valence-electron chi connectivity index (χ1n) is 19.2. The van der Waals surface area contributed by atoms with E-state index in [9.17, 15) is 36.4 Å². The van der Waals surface area contributed by atoms with Gasteiger partial charge in [-0.25, -0.2) is 27.0 Å². The Labute approximate surface area is 325 Å². The molecule has 0 unspecified atom stereocenters. The van der Waals surface area contributed by atoms with Crippen LogP contribution >= 0.6 is 0 Å². The summed E-state index contributed by atoms with van der Waals surface area (Å²) in [6.07, 6.45) is 3.33. The van der Waals surface area contributed by atoms with E-state index in [2.05, 4.69) is 20.3 Å². The molecule has 0 radical (unpaired) electrons. The number of hydrogen-bond donors (Lipinski definition) is 3. The minimum atomic E-state index is -3.95. The molecule has 3 N–H and O–H groups in total. The van der Waals surface area contributed by atoms with Crippen LogP contribution in [0, 0.1) is 17.8 Å². The fourth-order valence-corrected chi connectivity index (χ4v) is 9.08. The van der Waals surface area contributed by atoms with Crippen LogP contribution in [0.25, 0.3) is 10.8 Å². The lowest BCUT2D eigenvalue weighted by Gasteiger charge is -2.34. The van der Waals surface area contributed by atoms with Gasteiger partial charge in [0.25, 0.3) is 12.3 Å². The highest BCUT2D eigenvalue weighted by atomic mass is 32.2. The zero-order valence-electron chi connectivity index (χ0n) is 32.3. The molecule has 17 heteroatoms. The molecule has 4 aliphatic rings. The first-order valence-corrected chi connectivity index (χ1v) is 20.8. The van der Waals surface area contributed by atoms with Crippen LogP contribution in [0.15, 0.2) is 42.6 Å². The van der Waals surface area contributed by atoms with Gasteiger partial charge in [-0.2, -0.15) is 0 Å². The van der Waals surface area contributed by atoms with Gasteiger partial charge in [0.05, 0.1) is 25.1 Å². The van der Waals surface area contributed by atoms with Crippen molar-refractivity contribution >= 4 is 44.6 Å². The zero-order chi connectivity index (χ0) is 40.6. The quantitative estimate of drug-likeness (QED) is 0.287. The van der Waals surface area contributed by atoms with Crippen LogP contribution in [-0.2, 0) is 29.1 Å². The van der Waals surface area contributed by atoms with Crippen molar-refractivity contribution in [1.29, 1.82) is 0 Å². The third-order valence-electron chi connectivity index (χ3n) is 11.3. The molecular formula is C39H51F2N5O9S. The van der Waals surface area contributed by atoms with Crippen LogP contribution in [0.2, 0.25) is 0 Å². The minimum Gasteiger partial charge on any atom is -0.494 e. The number of pyridine rings is 1. The fourth-order valence-electron chi connectivity index (χ4n) is 7.71. The molecule has 3 fully saturated rings. The Hall–Kier alpha value is -4.54. The van der Waals surface area contributed by atoms with Gasteiger partial charge < -0.3 is 29.7 Å². The van der Waals surface area contributed by atoms with E-state index >= 15 is 0 Å². The highest BCUT2D eigenvalue weighted by molar-refractivity contribution is 7.91. The van der Waals surface area contributed by atoms with Crippen LogP contribution in [0.1, 0.15) is 79.1 Å². The third kappa shape index (κ3) is 8.71. The normalized spacial score (nSPS) is 29.2. The number of benzene rings is 1. The number of hydrogen-bond acceptors (Lipinski definition) is 10. The molecule has 4 amide bonds. The number of alkyl halides is 2. The van der Waals surface area contributed by atoms with E-state index in [0.29, 0.717) is 49.7 Å². The largest absolute Gasteiger partial charge is 0.494 e. The van der Waals surface area contributed by atoms with Gasteiger partial charge in [0, 0.05) is 23.1 Å². The topological polar surface area (TPSA) is 182 Å². The van der Waals surface area contributed by atoms with E-state index in [0.717, 1.165) is 19.2 Å². The molecule has 3 heterocycles. The Morgan fingerprint density at radius 2 is 1.84 bits per heavy atom. The number of allylic oxidation sites excluding steroid dienone is 1. The molecule has 56 heavy (non-hydrogen) atoms. The predicted molar refractivity (Wildman–Crippen MR) is 201 cm³/mol. The number of nitrogens with zero attached hydrogens (tertiary/aromatic N) is 2. The zero-order valence-corrected chi connectivity index (χ0v) is 33.1. The van der Waals surface area contributed by atoms with Crippen molar-refractivity contribution in [2.24, 2.45) is 17.8 Å². The van der Waals surface area contributed by atoms with Crippen molar-refractivity contribution in [1.82, 2.24) is 25.2 Å². The van der Waals surface area contributed by atoms with Crippen LogP contribution in [0.5, 0.6) is 11.6 Å². The molecule has 2 aromatic rings. The molecule has 0 bridgehead atoms. The minimum absolute atomic E-state index is 0.0379. The number of nitrogens with one attached hydrogen (secondary N) is 3. The third-order valence-corrected chi connectivity index (χ3v) is 13.2. The Morgan fingerprint density at radius 3 is 2.50 bits per heavy atom. The lowest BCUT2D eigenvalue weighted by Crippen LogP contribution is -2.59. The van der Waals surface area contributed by atoms with Gasteiger partial charge in [-0.15, -0.1) is 0 Å². The van der Waals surface area contributed by atoms with Gasteiger partial charge >= 0.3 is 6.09 Å². The second-order valence-electron chi connectivity index (χ2n) is 16.0. The average molecular weight is 804 g/mol. The van der Waals surface area contributed by atoms with Gasteiger partial charge in [0.2, 0.25) is 27.7 Å². The van der Waals surface area contributed by atoms with Crippen molar-refractivity contribution in [2.75, 3.05) is 13.7 Å². The molecule has 2 saturated carbocycles. The molecule has 1 saturated heterocycles. The van der Waals surface area contributed by atoms with Crippen LogP contribution in [0.3, 0.4) is 0 Å². The molecule has 306 valence electrons. The van der Waals surface area contributed by atoms with Gasteiger partial charge in [-0.05, 0) is 70.3 Å². The van der Waals surface area contributed by atoms with Gasteiger partial charge in [-0.3, -0.25) is 19.1 Å². The van der Waals surface area contributed by atoms with Crippen molar-refractivity contribution in [3.8, 4) is 11.6 Å². The van der Waals surface area contributed by atoms with E-state index in [1.807, 2.05) is 38.1 Å². The number of halogens is 2. The number of carbonyl (C=O) groups excluding carboxylic acids is 4. The predicted octanol–water partition coefficient (Wildman–Crippen LogP) is 4.62. The molecule has 1 aromatic carbocycles. The SMILES string of the molecule is CC[C@@H]1C[C@H](C)CC/C=C\[C@@H]2C[C@@]2(C(=O)NS(=O)(=O)C2CC2)NC(=O)[C@@H]2C[C@@H](Oc3ncc(OC)c4ccccc34)CN2C(=O)[C@H]1NC(=O)OC(C)(C)C(F)F. The number of rotatable bonds is 10. The Morgan fingerprint density at radius 1 is 1.12 bits per heavy atom. The summed E-state index contributed by atoms with van der Waals surface area (Å²) < 4.78 is 72.4. The Balaban J connectivity index is 1.36. The fraction of sp³-hybridized carbons (Fsp3) is 0.615. The van der Waals surface area contributed by atoms with E-state index < -0.39 is 86.7 Å². The number of sulfonamides is 1. The van der Waals surface area contributed by atoms with E-state index in [1.54, 1.807) is 12.1 Å². The number of ether oxygens (including phenoxy) is 3. The molecule has 2 aliphatic heterocycles. The van der Waals surface area contributed by atoms with Crippen LogP contribution in [0.4, 0.5) is 13.6 Å². The standard InChI is InChI=1S/C39H51F2N5O9S/c1-6-23-17-22(2)11-7-8-12-24-19-39(24,36(49)45-56(51,52)26-15-16-26)44-32(47)29-18-25(54-33-28-14-10-9-13-27(28)30(53-5)20-42-33)21-46(29)34(48)31(23)43-37(50)55-38(3,4)35(40)41/h8-10,12-14,20,22-26,29,31,35H,6-7,11,15-19,21H2,1-5H3,(H,43,50)(H,44,47)(H,45,49)/b12-8-/t22-,23-,24-,25-,29+,31+,39-/m1/s1. The molecule has 7 atom stereocenters. The first kappa shape index (κ1) is 41.1. The highest BCUT2D eigenvalue weighted by Gasteiger charge is 2.62. The molecule has 6 rings (SSSR count).